The van der Waals surface area contributed by atoms with Gasteiger partial charge < -0.3 is 15.7 Å². The fourth-order valence-corrected chi connectivity index (χ4v) is 2.94. The largest absolute Gasteiger partial charge is 0.477 e. The SMILES string of the molecule is O=C(Nc1ccc(C(=O)NC2CCCC2)cc1)c1ccnc(C(=O)O)c1. The predicted octanol–water partition coefficient (Wildman–Crippen LogP) is 2.70. The Kier molecular flexibility index (Phi) is 5.26. The van der Waals surface area contributed by atoms with E-state index < -0.39 is 11.9 Å². The third-order valence-corrected chi connectivity index (χ3v) is 4.34. The molecule has 134 valence electrons. The van der Waals surface area contributed by atoms with Crippen LogP contribution in [-0.4, -0.2) is 33.9 Å². The number of carboxylic acids is 1. The van der Waals surface area contributed by atoms with E-state index in [2.05, 4.69) is 15.6 Å². The molecule has 3 rings (SSSR count). The Morgan fingerprint density at radius 3 is 2.31 bits per heavy atom. The van der Waals surface area contributed by atoms with E-state index in [-0.39, 0.29) is 23.2 Å². The molecule has 1 aliphatic carbocycles. The Balaban J connectivity index is 1.63. The first-order valence-electron chi connectivity index (χ1n) is 8.44. The van der Waals surface area contributed by atoms with Gasteiger partial charge in [-0.2, -0.15) is 0 Å². The Labute approximate surface area is 150 Å². The monoisotopic (exact) mass is 353 g/mol. The molecule has 1 aromatic heterocycles. The van der Waals surface area contributed by atoms with Gasteiger partial charge in [0.05, 0.1) is 0 Å². The van der Waals surface area contributed by atoms with Crippen molar-refractivity contribution in [1.29, 1.82) is 0 Å². The van der Waals surface area contributed by atoms with Crippen LogP contribution in [0.1, 0.15) is 56.9 Å². The molecule has 1 heterocycles. The third kappa shape index (κ3) is 4.24. The van der Waals surface area contributed by atoms with Crippen molar-refractivity contribution in [3.8, 4) is 0 Å². The Bertz CT molecular complexity index is 827. The second kappa shape index (κ2) is 7.77. The number of anilines is 1. The summed E-state index contributed by atoms with van der Waals surface area (Å²) in [6.45, 7) is 0. The van der Waals surface area contributed by atoms with Crippen LogP contribution in [0.2, 0.25) is 0 Å². The number of amides is 2. The van der Waals surface area contributed by atoms with Crippen LogP contribution < -0.4 is 10.6 Å². The molecule has 7 nitrogen and oxygen atoms in total. The van der Waals surface area contributed by atoms with E-state index in [9.17, 15) is 14.4 Å². The van der Waals surface area contributed by atoms with E-state index in [0.717, 1.165) is 25.7 Å². The minimum atomic E-state index is -1.20. The number of rotatable bonds is 5. The van der Waals surface area contributed by atoms with Gasteiger partial charge in [-0.1, -0.05) is 12.8 Å². The minimum Gasteiger partial charge on any atom is -0.477 e. The first-order valence-corrected chi connectivity index (χ1v) is 8.44. The molecule has 0 aliphatic heterocycles. The van der Waals surface area contributed by atoms with Crippen LogP contribution in [0.4, 0.5) is 5.69 Å². The van der Waals surface area contributed by atoms with Gasteiger partial charge in [0.1, 0.15) is 5.69 Å². The number of carbonyl (C=O) groups excluding carboxylic acids is 2. The number of aromatic nitrogens is 1. The number of hydrogen-bond acceptors (Lipinski definition) is 4. The summed E-state index contributed by atoms with van der Waals surface area (Å²) in [5.74, 6) is -1.76. The van der Waals surface area contributed by atoms with Gasteiger partial charge in [-0.25, -0.2) is 9.78 Å². The van der Waals surface area contributed by atoms with Crippen LogP contribution in [0.15, 0.2) is 42.6 Å². The molecule has 0 unspecified atom stereocenters. The fourth-order valence-electron chi connectivity index (χ4n) is 2.94. The molecule has 1 fully saturated rings. The summed E-state index contributed by atoms with van der Waals surface area (Å²) in [7, 11) is 0. The van der Waals surface area contributed by atoms with Crippen LogP contribution in [0.25, 0.3) is 0 Å². The summed E-state index contributed by atoms with van der Waals surface area (Å²) in [6.07, 6.45) is 5.60. The zero-order valence-corrected chi connectivity index (χ0v) is 14.1. The molecular formula is C19H19N3O4. The summed E-state index contributed by atoms with van der Waals surface area (Å²) in [5, 5.41) is 14.6. The van der Waals surface area contributed by atoms with Crippen molar-refractivity contribution in [2.75, 3.05) is 5.32 Å². The van der Waals surface area contributed by atoms with Crippen molar-refractivity contribution >= 4 is 23.5 Å². The number of benzene rings is 1. The van der Waals surface area contributed by atoms with Crippen molar-refractivity contribution < 1.29 is 19.5 Å². The second-order valence-corrected chi connectivity index (χ2v) is 6.22. The van der Waals surface area contributed by atoms with E-state index in [1.165, 1.54) is 18.3 Å². The molecule has 2 amide bonds. The van der Waals surface area contributed by atoms with E-state index in [1.807, 2.05) is 0 Å². The van der Waals surface area contributed by atoms with E-state index >= 15 is 0 Å². The maximum atomic E-state index is 12.2. The Hall–Kier alpha value is -3.22. The number of hydrogen-bond donors (Lipinski definition) is 3. The lowest BCUT2D eigenvalue weighted by atomic mass is 10.1. The molecule has 0 spiro atoms. The Morgan fingerprint density at radius 1 is 0.962 bits per heavy atom. The number of carboxylic acid groups (broad SMARTS) is 1. The molecule has 7 heteroatoms. The highest BCUT2D eigenvalue weighted by Crippen LogP contribution is 2.18. The second-order valence-electron chi connectivity index (χ2n) is 6.22. The number of carbonyl (C=O) groups is 3. The van der Waals surface area contributed by atoms with Crippen LogP contribution in [0, 0.1) is 0 Å². The van der Waals surface area contributed by atoms with Crippen molar-refractivity contribution in [2.24, 2.45) is 0 Å². The lowest BCUT2D eigenvalue weighted by Gasteiger charge is -2.12. The molecular weight excluding hydrogens is 334 g/mol. The molecule has 1 aromatic carbocycles. The van der Waals surface area contributed by atoms with Gasteiger partial charge in [0.2, 0.25) is 0 Å². The molecule has 0 saturated heterocycles. The summed E-state index contributed by atoms with van der Waals surface area (Å²) in [6, 6.07) is 9.47. The van der Waals surface area contributed by atoms with Crippen LogP contribution >= 0.6 is 0 Å². The zero-order chi connectivity index (χ0) is 18.5. The molecule has 26 heavy (non-hydrogen) atoms. The fraction of sp³-hybridized carbons (Fsp3) is 0.263. The van der Waals surface area contributed by atoms with Gasteiger partial charge >= 0.3 is 5.97 Å². The molecule has 1 aliphatic rings. The van der Waals surface area contributed by atoms with E-state index in [0.29, 0.717) is 11.3 Å². The van der Waals surface area contributed by atoms with Gasteiger partial charge in [-0.15, -0.1) is 0 Å². The van der Waals surface area contributed by atoms with Gasteiger partial charge in [0.25, 0.3) is 11.8 Å². The van der Waals surface area contributed by atoms with Crippen molar-refractivity contribution in [3.05, 3.63) is 59.4 Å². The molecule has 1 saturated carbocycles. The van der Waals surface area contributed by atoms with Crippen LogP contribution in [0.5, 0.6) is 0 Å². The summed E-state index contributed by atoms with van der Waals surface area (Å²) in [5.41, 5.74) is 1.05. The highest BCUT2D eigenvalue weighted by molar-refractivity contribution is 6.05. The van der Waals surface area contributed by atoms with Gasteiger partial charge in [-0.3, -0.25) is 9.59 Å². The number of aromatic carboxylic acids is 1. The standard InChI is InChI=1S/C19H19N3O4/c23-17(21-14-3-1-2-4-14)12-5-7-15(8-6-12)22-18(24)13-9-10-20-16(11-13)19(25)26/h5-11,14H,1-4H2,(H,21,23)(H,22,24)(H,25,26). The highest BCUT2D eigenvalue weighted by Gasteiger charge is 2.18. The summed E-state index contributed by atoms with van der Waals surface area (Å²) >= 11 is 0. The van der Waals surface area contributed by atoms with Crippen LogP contribution in [0.3, 0.4) is 0 Å². The molecule has 3 N–H and O–H groups in total. The van der Waals surface area contributed by atoms with Gasteiger partial charge in [0, 0.05) is 29.1 Å². The third-order valence-electron chi connectivity index (χ3n) is 4.34. The smallest absolute Gasteiger partial charge is 0.354 e. The zero-order valence-electron chi connectivity index (χ0n) is 14.1. The topological polar surface area (TPSA) is 108 Å². The van der Waals surface area contributed by atoms with Crippen molar-refractivity contribution in [2.45, 2.75) is 31.7 Å². The normalized spacial score (nSPS) is 14.0. The highest BCUT2D eigenvalue weighted by atomic mass is 16.4. The van der Waals surface area contributed by atoms with Crippen molar-refractivity contribution in [3.63, 3.8) is 0 Å². The first-order chi connectivity index (χ1) is 12.5. The Morgan fingerprint density at radius 2 is 1.65 bits per heavy atom. The molecule has 0 radical (unpaired) electrons. The average Bonchev–Trinajstić information content (AvgIpc) is 3.15. The molecule has 0 atom stereocenters. The number of pyridine rings is 1. The lowest BCUT2D eigenvalue weighted by molar-refractivity contribution is 0.0690. The predicted molar refractivity (Wildman–Crippen MR) is 95.3 cm³/mol. The van der Waals surface area contributed by atoms with Crippen molar-refractivity contribution in [1.82, 2.24) is 10.3 Å². The minimum absolute atomic E-state index is 0.116. The van der Waals surface area contributed by atoms with E-state index in [4.69, 9.17) is 5.11 Å². The number of nitrogens with one attached hydrogen (secondary N) is 2. The average molecular weight is 353 g/mol. The van der Waals surface area contributed by atoms with E-state index in [1.54, 1.807) is 24.3 Å². The summed E-state index contributed by atoms with van der Waals surface area (Å²) < 4.78 is 0. The summed E-state index contributed by atoms with van der Waals surface area (Å²) in [4.78, 5) is 39.0. The quantitative estimate of drug-likeness (QED) is 0.766. The van der Waals surface area contributed by atoms with Crippen LogP contribution in [-0.2, 0) is 0 Å². The maximum Gasteiger partial charge on any atom is 0.354 e. The van der Waals surface area contributed by atoms with Gasteiger partial charge in [0.15, 0.2) is 0 Å². The lowest BCUT2D eigenvalue weighted by Crippen LogP contribution is -2.32. The first kappa shape index (κ1) is 17.6. The molecule has 0 bridgehead atoms. The number of nitrogens with zero attached hydrogens (tertiary/aromatic N) is 1. The maximum absolute atomic E-state index is 12.2. The molecule has 2 aromatic rings. The van der Waals surface area contributed by atoms with Gasteiger partial charge in [-0.05, 0) is 49.2 Å².